The molecule has 0 spiro atoms. The Hall–Kier alpha value is -2.13. The summed E-state index contributed by atoms with van der Waals surface area (Å²) in [6.45, 7) is 9.80. The molecule has 1 aromatic carbocycles. The van der Waals surface area contributed by atoms with Gasteiger partial charge in [-0.25, -0.2) is 0 Å². The first-order valence-electron chi connectivity index (χ1n) is 8.23. The first-order chi connectivity index (χ1) is 11.5. The quantitative estimate of drug-likeness (QED) is 0.567. The molecule has 1 heterocycles. The molecule has 2 aromatic rings. The van der Waals surface area contributed by atoms with Gasteiger partial charge in [0.15, 0.2) is 0 Å². The highest BCUT2D eigenvalue weighted by Crippen LogP contribution is 2.49. The number of pyridine rings is 1. The van der Waals surface area contributed by atoms with Crippen molar-refractivity contribution in [2.75, 3.05) is 0 Å². The number of nitrogens with one attached hydrogen (secondary N) is 2. The van der Waals surface area contributed by atoms with Crippen LogP contribution in [0.2, 0.25) is 5.02 Å². The smallest absolute Gasteiger partial charge is 0.137 e. The molecule has 1 aliphatic carbocycles. The third kappa shape index (κ3) is 3.22. The number of aromatic nitrogens is 1. The Kier molecular flexibility index (Phi) is 5.45. The fourth-order valence-corrected chi connectivity index (χ4v) is 2.95. The highest BCUT2D eigenvalue weighted by Gasteiger charge is 2.49. The molecule has 2 N–H and O–H groups in total. The Morgan fingerprint density at radius 3 is 2.25 bits per heavy atom. The maximum Gasteiger partial charge on any atom is 0.137 e. The number of benzene rings is 1. The maximum absolute atomic E-state index is 8.64. The van der Waals surface area contributed by atoms with Gasteiger partial charge in [-0.05, 0) is 55.2 Å². The van der Waals surface area contributed by atoms with E-state index in [0.717, 1.165) is 29.5 Å². The van der Waals surface area contributed by atoms with Crippen LogP contribution in [0.25, 0.3) is 5.57 Å². The van der Waals surface area contributed by atoms with Crippen LogP contribution in [0.3, 0.4) is 0 Å². The molecule has 0 amide bonds. The van der Waals surface area contributed by atoms with E-state index in [1.807, 2.05) is 57.2 Å². The molecule has 0 bridgehead atoms. The van der Waals surface area contributed by atoms with Crippen LogP contribution in [0.15, 0.2) is 49.2 Å². The third-order valence-corrected chi connectivity index (χ3v) is 4.55. The molecular weight excluding hydrogens is 318 g/mol. The van der Waals surface area contributed by atoms with Gasteiger partial charge in [0.1, 0.15) is 11.3 Å². The number of hydrogen-bond acceptors (Lipinski definition) is 2. The Morgan fingerprint density at radius 2 is 1.75 bits per heavy atom. The lowest BCUT2D eigenvalue weighted by atomic mass is 9.94. The van der Waals surface area contributed by atoms with Crippen molar-refractivity contribution in [3.05, 3.63) is 70.8 Å². The van der Waals surface area contributed by atoms with E-state index in [4.69, 9.17) is 22.4 Å². The van der Waals surface area contributed by atoms with Gasteiger partial charge >= 0.3 is 0 Å². The summed E-state index contributed by atoms with van der Waals surface area (Å²) in [5.41, 5.74) is 2.73. The van der Waals surface area contributed by atoms with E-state index in [1.54, 1.807) is 10.8 Å². The summed E-state index contributed by atoms with van der Waals surface area (Å²) in [6, 6.07) is 11.4. The molecular formula is C20H24ClN3. The average molecular weight is 342 g/mol. The lowest BCUT2D eigenvalue weighted by Crippen LogP contribution is -2.36. The first kappa shape index (κ1) is 18.2. The zero-order valence-corrected chi connectivity index (χ0v) is 15.2. The SMILES string of the molecule is C=C(C)c1cccn(C(=N)C2(c3ccc(Cl)cc3)CC2)c1=N.CC. The van der Waals surface area contributed by atoms with E-state index in [2.05, 4.69) is 6.58 Å². The van der Waals surface area contributed by atoms with Gasteiger partial charge in [0, 0.05) is 16.8 Å². The van der Waals surface area contributed by atoms with Crippen LogP contribution in [0.5, 0.6) is 0 Å². The Balaban J connectivity index is 0.00000100. The highest BCUT2D eigenvalue weighted by molar-refractivity contribution is 6.30. The van der Waals surface area contributed by atoms with Gasteiger partial charge in [-0.1, -0.05) is 44.2 Å². The van der Waals surface area contributed by atoms with E-state index in [-0.39, 0.29) is 5.41 Å². The minimum Gasteiger partial charge on any atom is -0.289 e. The predicted molar refractivity (Wildman–Crippen MR) is 102 cm³/mol. The van der Waals surface area contributed by atoms with Crippen LogP contribution in [-0.2, 0) is 5.41 Å². The van der Waals surface area contributed by atoms with Crippen molar-refractivity contribution in [2.24, 2.45) is 0 Å². The van der Waals surface area contributed by atoms with Gasteiger partial charge in [-0.3, -0.25) is 15.4 Å². The Morgan fingerprint density at radius 1 is 1.17 bits per heavy atom. The van der Waals surface area contributed by atoms with Crippen LogP contribution >= 0.6 is 11.6 Å². The third-order valence-electron chi connectivity index (χ3n) is 4.29. The summed E-state index contributed by atoms with van der Waals surface area (Å²) in [5.74, 6) is 0.447. The molecule has 1 aliphatic rings. The summed E-state index contributed by atoms with van der Waals surface area (Å²) in [6.07, 6.45) is 3.64. The Labute approximate surface area is 148 Å². The zero-order chi connectivity index (χ0) is 17.9. The van der Waals surface area contributed by atoms with Crippen LogP contribution in [0, 0.1) is 10.8 Å². The van der Waals surface area contributed by atoms with E-state index in [0.29, 0.717) is 16.3 Å². The van der Waals surface area contributed by atoms with Crippen LogP contribution in [0.4, 0.5) is 0 Å². The lowest BCUT2D eigenvalue weighted by molar-refractivity contribution is 0.831. The number of rotatable bonds is 3. The molecule has 1 aromatic heterocycles. The molecule has 24 heavy (non-hydrogen) atoms. The summed E-state index contributed by atoms with van der Waals surface area (Å²) in [4.78, 5) is 0. The van der Waals surface area contributed by atoms with Crippen LogP contribution in [-0.4, -0.2) is 10.4 Å². The molecule has 126 valence electrons. The molecule has 0 unspecified atom stereocenters. The molecule has 1 fully saturated rings. The molecule has 3 rings (SSSR count). The zero-order valence-electron chi connectivity index (χ0n) is 14.5. The molecule has 4 heteroatoms. The van der Waals surface area contributed by atoms with Gasteiger partial charge in [-0.2, -0.15) is 0 Å². The summed E-state index contributed by atoms with van der Waals surface area (Å²) in [5, 5.41) is 17.7. The number of nitrogens with zero attached hydrogens (tertiary/aromatic N) is 1. The second kappa shape index (κ2) is 7.18. The van der Waals surface area contributed by atoms with Gasteiger partial charge in [0.2, 0.25) is 0 Å². The Bertz CT molecular complexity index is 812. The summed E-state index contributed by atoms with van der Waals surface area (Å²) in [7, 11) is 0. The van der Waals surface area contributed by atoms with Crippen molar-refractivity contribution in [3.8, 4) is 0 Å². The van der Waals surface area contributed by atoms with E-state index in [1.165, 1.54) is 0 Å². The van der Waals surface area contributed by atoms with Gasteiger partial charge in [-0.15, -0.1) is 0 Å². The largest absolute Gasteiger partial charge is 0.289 e. The van der Waals surface area contributed by atoms with Crippen molar-refractivity contribution in [3.63, 3.8) is 0 Å². The number of halogens is 1. The fourth-order valence-electron chi connectivity index (χ4n) is 2.83. The topological polar surface area (TPSA) is 52.6 Å². The molecule has 0 radical (unpaired) electrons. The van der Waals surface area contributed by atoms with E-state index >= 15 is 0 Å². The molecule has 3 nitrogen and oxygen atoms in total. The lowest BCUT2D eigenvalue weighted by Gasteiger charge is -2.20. The summed E-state index contributed by atoms with van der Waals surface area (Å²) < 4.78 is 1.66. The van der Waals surface area contributed by atoms with E-state index in [9.17, 15) is 0 Å². The number of hydrogen-bond donors (Lipinski definition) is 2. The van der Waals surface area contributed by atoms with Crippen molar-refractivity contribution >= 4 is 23.0 Å². The minimum absolute atomic E-state index is 0.293. The van der Waals surface area contributed by atoms with Crippen LogP contribution in [0.1, 0.15) is 44.7 Å². The van der Waals surface area contributed by atoms with Crippen molar-refractivity contribution in [2.45, 2.75) is 39.0 Å². The molecule has 1 saturated carbocycles. The second-order valence-corrected chi connectivity index (χ2v) is 6.29. The maximum atomic E-state index is 8.64. The average Bonchev–Trinajstić information content (AvgIpc) is 3.38. The molecule has 0 saturated heterocycles. The standard InChI is InChI=1S/C18H18ClN3.C2H6/c1-12(2)15-4-3-11-22(16(15)20)17(21)18(9-10-18)13-5-7-14(19)8-6-13;1-2/h3-8,11,20-21H,1,9-10H2,2H3;1-2H3. The second-order valence-electron chi connectivity index (χ2n) is 5.86. The monoisotopic (exact) mass is 341 g/mol. The fraction of sp³-hybridized carbons (Fsp3) is 0.300. The van der Waals surface area contributed by atoms with Crippen molar-refractivity contribution < 1.29 is 0 Å². The first-order valence-corrected chi connectivity index (χ1v) is 8.61. The molecule has 0 atom stereocenters. The van der Waals surface area contributed by atoms with Crippen molar-refractivity contribution in [1.82, 2.24) is 4.57 Å². The van der Waals surface area contributed by atoms with Crippen LogP contribution < -0.4 is 5.49 Å². The molecule has 0 aliphatic heterocycles. The van der Waals surface area contributed by atoms with Gasteiger partial charge < -0.3 is 0 Å². The number of allylic oxidation sites excluding steroid dienone is 1. The highest BCUT2D eigenvalue weighted by atomic mass is 35.5. The van der Waals surface area contributed by atoms with E-state index < -0.39 is 0 Å². The minimum atomic E-state index is -0.293. The van der Waals surface area contributed by atoms with Crippen molar-refractivity contribution in [1.29, 1.82) is 10.8 Å². The summed E-state index contributed by atoms with van der Waals surface area (Å²) >= 11 is 5.96. The van der Waals surface area contributed by atoms with Gasteiger partial charge in [0.25, 0.3) is 0 Å². The van der Waals surface area contributed by atoms with Gasteiger partial charge in [0.05, 0.1) is 5.41 Å². The predicted octanol–water partition coefficient (Wildman–Crippen LogP) is 5.24. The normalized spacial score (nSPS) is 14.3.